The first-order valence-electron chi connectivity index (χ1n) is 8.62. The molecule has 1 amide bonds. The highest BCUT2D eigenvalue weighted by molar-refractivity contribution is 7.91. The van der Waals surface area contributed by atoms with Gasteiger partial charge in [0.15, 0.2) is 15.7 Å². The number of hydrogen-bond acceptors (Lipinski definition) is 5. The van der Waals surface area contributed by atoms with Crippen molar-refractivity contribution < 1.29 is 26.5 Å². The Morgan fingerprint density at radius 3 is 2.18 bits per heavy atom. The summed E-state index contributed by atoms with van der Waals surface area (Å²) >= 11 is 0. The zero-order valence-electron chi connectivity index (χ0n) is 16.4. The Balaban J connectivity index is 2.14. The third-order valence-electron chi connectivity index (χ3n) is 4.15. The first-order chi connectivity index (χ1) is 12.7. The summed E-state index contributed by atoms with van der Waals surface area (Å²) in [5, 5.41) is 6.35. The Hall–Kier alpha value is -2.29. The normalized spacial score (nSPS) is 13.0. The summed E-state index contributed by atoms with van der Waals surface area (Å²) in [6.07, 6.45) is -2.68. The van der Waals surface area contributed by atoms with Gasteiger partial charge < -0.3 is 9.84 Å². The zero-order chi connectivity index (χ0) is 21.3. The SMILES string of the molecule is CC(C)(CS(=O)(=O)c1ccc(C(F)F)cc1)C(=O)Nc1cc(C(C)(C)C)on1. The Morgan fingerprint density at radius 1 is 1.14 bits per heavy atom. The molecule has 0 fully saturated rings. The number of hydrogen-bond donors (Lipinski definition) is 1. The van der Waals surface area contributed by atoms with Gasteiger partial charge in [-0.1, -0.05) is 51.9 Å². The summed E-state index contributed by atoms with van der Waals surface area (Å²) < 4.78 is 55.7. The molecular formula is C19H24F2N2O4S. The molecule has 0 saturated heterocycles. The highest BCUT2D eigenvalue weighted by atomic mass is 32.2. The monoisotopic (exact) mass is 414 g/mol. The molecule has 0 aliphatic carbocycles. The molecule has 0 atom stereocenters. The number of sulfone groups is 1. The van der Waals surface area contributed by atoms with Crippen molar-refractivity contribution >= 4 is 21.6 Å². The quantitative estimate of drug-likeness (QED) is 0.759. The van der Waals surface area contributed by atoms with Crippen LogP contribution in [0, 0.1) is 5.41 Å². The van der Waals surface area contributed by atoms with Crippen LogP contribution in [0.25, 0.3) is 0 Å². The molecule has 1 N–H and O–H groups in total. The molecule has 0 bridgehead atoms. The number of nitrogens with one attached hydrogen (secondary N) is 1. The van der Waals surface area contributed by atoms with Crippen molar-refractivity contribution in [3.8, 4) is 0 Å². The number of carbonyl (C=O) groups is 1. The van der Waals surface area contributed by atoms with Crippen LogP contribution in [0.4, 0.5) is 14.6 Å². The summed E-state index contributed by atoms with van der Waals surface area (Å²) in [6, 6.07) is 5.96. The fourth-order valence-corrected chi connectivity index (χ4v) is 4.22. The van der Waals surface area contributed by atoms with Gasteiger partial charge in [-0.15, -0.1) is 0 Å². The summed E-state index contributed by atoms with van der Waals surface area (Å²) in [4.78, 5) is 12.5. The molecule has 0 aliphatic rings. The van der Waals surface area contributed by atoms with Crippen molar-refractivity contribution in [3.63, 3.8) is 0 Å². The highest BCUT2D eigenvalue weighted by Gasteiger charge is 2.35. The summed E-state index contributed by atoms with van der Waals surface area (Å²) in [5.74, 6) is -0.271. The number of carbonyl (C=O) groups excluding carboxylic acids is 1. The molecule has 1 aromatic carbocycles. The van der Waals surface area contributed by atoms with Crippen LogP contribution in [0.15, 0.2) is 39.8 Å². The molecule has 2 rings (SSSR count). The van der Waals surface area contributed by atoms with Gasteiger partial charge in [0.2, 0.25) is 5.91 Å². The number of anilines is 1. The predicted octanol–water partition coefficient (Wildman–Crippen LogP) is 4.35. The topological polar surface area (TPSA) is 89.3 Å². The first-order valence-corrected chi connectivity index (χ1v) is 10.3. The van der Waals surface area contributed by atoms with E-state index in [9.17, 15) is 22.0 Å². The predicted molar refractivity (Wildman–Crippen MR) is 101 cm³/mol. The molecule has 1 aromatic heterocycles. The van der Waals surface area contributed by atoms with Crippen molar-refractivity contribution in [3.05, 3.63) is 41.7 Å². The average Bonchev–Trinajstić information content (AvgIpc) is 3.02. The second kappa shape index (κ2) is 7.62. The van der Waals surface area contributed by atoms with Crippen molar-refractivity contribution in [1.29, 1.82) is 0 Å². The van der Waals surface area contributed by atoms with Crippen LogP contribution in [-0.4, -0.2) is 25.2 Å². The molecule has 154 valence electrons. The van der Waals surface area contributed by atoms with E-state index in [-0.39, 0.29) is 21.7 Å². The minimum Gasteiger partial charge on any atom is -0.359 e. The Morgan fingerprint density at radius 2 is 1.71 bits per heavy atom. The number of halogens is 2. The Labute approximate surface area is 163 Å². The molecule has 2 aromatic rings. The average molecular weight is 414 g/mol. The summed E-state index contributed by atoms with van der Waals surface area (Å²) in [7, 11) is -3.87. The number of benzene rings is 1. The largest absolute Gasteiger partial charge is 0.359 e. The fraction of sp³-hybridized carbons (Fsp3) is 0.474. The zero-order valence-corrected chi connectivity index (χ0v) is 17.2. The minimum absolute atomic E-state index is 0.116. The second-order valence-electron chi connectivity index (χ2n) is 8.29. The first kappa shape index (κ1) is 22.0. The lowest BCUT2D eigenvalue weighted by molar-refractivity contribution is -0.123. The van der Waals surface area contributed by atoms with Gasteiger partial charge in [0, 0.05) is 17.0 Å². The van der Waals surface area contributed by atoms with E-state index < -0.39 is 33.3 Å². The number of aromatic nitrogens is 1. The molecule has 28 heavy (non-hydrogen) atoms. The van der Waals surface area contributed by atoms with Crippen LogP contribution in [0.3, 0.4) is 0 Å². The van der Waals surface area contributed by atoms with E-state index in [0.29, 0.717) is 5.76 Å². The van der Waals surface area contributed by atoms with Crippen LogP contribution in [-0.2, 0) is 20.0 Å². The molecule has 6 nitrogen and oxygen atoms in total. The third-order valence-corrected chi connectivity index (χ3v) is 6.24. The second-order valence-corrected chi connectivity index (χ2v) is 10.3. The van der Waals surface area contributed by atoms with Gasteiger partial charge >= 0.3 is 0 Å². The minimum atomic E-state index is -3.87. The van der Waals surface area contributed by atoms with E-state index in [2.05, 4.69) is 10.5 Å². The third kappa shape index (κ3) is 5.15. The van der Waals surface area contributed by atoms with Gasteiger partial charge in [-0.3, -0.25) is 4.79 Å². The van der Waals surface area contributed by atoms with Crippen molar-refractivity contribution in [2.24, 2.45) is 5.41 Å². The lowest BCUT2D eigenvalue weighted by Crippen LogP contribution is -2.37. The maximum Gasteiger partial charge on any atom is 0.263 e. The lowest BCUT2D eigenvalue weighted by atomic mass is 9.93. The van der Waals surface area contributed by atoms with E-state index >= 15 is 0 Å². The van der Waals surface area contributed by atoms with Gasteiger partial charge in [0.1, 0.15) is 5.76 Å². The lowest BCUT2D eigenvalue weighted by Gasteiger charge is -2.22. The van der Waals surface area contributed by atoms with Gasteiger partial charge in [-0.05, 0) is 12.1 Å². The van der Waals surface area contributed by atoms with Gasteiger partial charge in [-0.25, -0.2) is 17.2 Å². The van der Waals surface area contributed by atoms with E-state index in [1.807, 2.05) is 20.8 Å². The number of nitrogens with zero attached hydrogens (tertiary/aromatic N) is 1. The molecule has 0 spiro atoms. The Bertz CT molecular complexity index is 943. The van der Waals surface area contributed by atoms with Crippen molar-refractivity contribution in [1.82, 2.24) is 5.16 Å². The molecule has 0 aliphatic heterocycles. The van der Waals surface area contributed by atoms with Crippen molar-refractivity contribution in [2.45, 2.75) is 51.4 Å². The van der Waals surface area contributed by atoms with Gasteiger partial charge in [0.25, 0.3) is 6.43 Å². The molecule has 9 heteroatoms. The maximum absolute atomic E-state index is 12.6. The van der Waals surface area contributed by atoms with Crippen LogP contribution in [0.1, 0.15) is 52.4 Å². The molecule has 0 radical (unpaired) electrons. The molecule has 0 unspecified atom stereocenters. The molecule has 0 saturated carbocycles. The van der Waals surface area contributed by atoms with Crippen molar-refractivity contribution in [2.75, 3.05) is 11.1 Å². The van der Waals surface area contributed by atoms with Gasteiger partial charge in [0.05, 0.1) is 16.1 Å². The molecule has 1 heterocycles. The van der Waals surface area contributed by atoms with E-state index in [1.54, 1.807) is 6.07 Å². The number of alkyl halides is 2. The number of amides is 1. The van der Waals surface area contributed by atoms with Crippen LogP contribution < -0.4 is 5.32 Å². The maximum atomic E-state index is 12.6. The Kier molecular flexibility index (Phi) is 5.98. The van der Waals surface area contributed by atoms with E-state index in [0.717, 1.165) is 24.3 Å². The van der Waals surface area contributed by atoms with Crippen LogP contribution >= 0.6 is 0 Å². The van der Waals surface area contributed by atoms with E-state index in [1.165, 1.54) is 13.8 Å². The smallest absolute Gasteiger partial charge is 0.263 e. The standard InChI is InChI=1S/C19H24F2N2O4S/c1-18(2,3)14-10-15(23-27-14)22-17(24)19(4,5)11-28(25,26)13-8-6-12(7-9-13)16(20)21/h6-10,16H,11H2,1-5H3,(H,22,23,24). The molecular weight excluding hydrogens is 390 g/mol. The highest BCUT2D eigenvalue weighted by Crippen LogP contribution is 2.28. The van der Waals surface area contributed by atoms with Crippen LogP contribution in [0.5, 0.6) is 0 Å². The van der Waals surface area contributed by atoms with Crippen LogP contribution in [0.2, 0.25) is 0 Å². The van der Waals surface area contributed by atoms with E-state index in [4.69, 9.17) is 4.52 Å². The van der Waals surface area contributed by atoms with Gasteiger partial charge in [-0.2, -0.15) is 0 Å². The summed E-state index contributed by atoms with van der Waals surface area (Å²) in [6.45, 7) is 8.75. The number of rotatable bonds is 6. The summed E-state index contributed by atoms with van der Waals surface area (Å²) in [5.41, 5.74) is -1.85. The fourth-order valence-electron chi connectivity index (χ4n) is 2.42.